The molecule has 0 radical (unpaired) electrons. The summed E-state index contributed by atoms with van der Waals surface area (Å²) in [6, 6.07) is 3.84. The molecule has 1 fully saturated rings. The highest BCUT2D eigenvalue weighted by atomic mass is 35.5. The van der Waals surface area contributed by atoms with E-state index in [1.165, 1.54) is 17.8 Å². The number of carbonyl (C=O) groups excluding carboxylic acids is 1. The summed E-state index contributed by atoms with van der Waals surface area (Å²) in [5, 5.41) is 3.02. The Balaban J connectivity index is 1.87. The van der Waals surface area contributed by atoms with E-state index in [1.54, 1.807) is 0 Å². The van der Waals surface area contributed by atoms with Crippen LogP contribution in [-0.2, 0) is 4.79 Å². The highest BCUT2D eigenvalue weighted by Gasteiger charge is 2.37. The van der Waals surface area contributed by atoms with Gasteiger partial charge in [0, 0.05) is 11.3 Å². The zero-order valence-electron chi connectivity index (χ0n) is 10.5. The van der Waals surface area contributed by atoms with Crippen molar-refractivity contribution in [2.75, 3.05) is 6.54 Å². The van der Waals surface area contributed by atoms with E-state index in [9.17, 15) is 4.79 Å². The summed E-state index contributed by atoms with van der Waals surface area (Å²) in [6.45, 7) is 2.59. The number of hydrogen-bond donors (Lipinski definition) is 2. The molecule has 3 nitrogen and oxygen atoms in total. The van der Waals surface area contributed by atoms with Crippen LogP contribution in [0.15, 0.2) is 12.1 Å². The van der Waals surface area contributed by atoms with Gasteiger partial charge in [-0.15, -0.1) is 11.3 Å². The van der Waals surface area contributed by atoms with E-state index >= 15 is 0 Å². The fraction of sp³-hybridized carbons (Fsp3) is 0.615. The highest BCUT2D eigenvalue weighted by Crippen LogP contribution is 2.43. The molecule has 0 bridgehead atoms. The molecule has 0 aromatic carbocycles. The van der Waals surface area contributed by atoms with Crippen LogP contribution in [-0.4, -0.2) is 12.5 Å². The number of thiophene rings is 1. The third-order valence-electron chi connectivity index (χ3n) is 3.78. The molecule has 1 amide bonds. The monoisotopic (exact) mass is 286 g/mol. The first-order valence-corrected chi connectivity index (χ1v) is 7.49. The Hall–Kier alpha value is -0.580. The molecule has 0 spiro atoms. The highest BCUT2D eigenvalue weighted by molar-refractivity contribution is 7.16. The first kappa shape index (κ1) is 13.8. The second kappa shape index (κ2) is 5.59. The number of carbonyl (C=O) groups is 1. The maximum atomic E-state index is 12.0. The van der Waals surface area contributed by atoms with E-state index in [0.29, 0.717) is 13.0 Å². The molecule has 1 aliphatic carbocycles. The minimum Gasteiger partial charge on any atom is -0.349 e. The molecule has 1 aliphatic rings. The predicted molar refractivity (Wildman–Crippen MR) is 75.8 cm³/mol. The lowest BCUT2D eigenvalue weighted by atomic mass is 9.66. The number of nitrogens with two attached hydrogens (primary N) is 1. The molecule has 0 saturated heterocycles. The van der Waals surface area contributed by atoms with Gasteiger partial charge in [0.15, 0.2) is 0 Å². The van der Waals surface area contributed by atoms with Crippen molar-refractivity contribution in [3.63, 3.8) is 0 Å². The summed E-state index contributed by atoms with van der Waals surface area (Å²) in [5.74, 6) is 0.0946. The van der Waals surface area contributed by atoms with Gasteiger partial charge >= 0.3 is 0 Å². The lowest BCUT2D eigenvalue weighted by molar-refractivity contribution is -0.125. The molecule has 1 heterocycles. The van der Waals surface area contributed by atoms with Gasteiger partial charge in [0.1, 0.15) is 0 Å². The van der Waals surface area contributed by atoms with Crippen molar-refractivity contribution in [3.8, 4) is 0 Å². The normalized spacial score (nSPS) is 19.1. The molecule has 1 aromatic rings. The van der Waals surface area contributed by atoms with Crippen molar-refractivity contribution in [1.29, 1.82) is 0 Å². The average Bonchev–Trinajstić information content (AvgIpc) is 2.70. The van der Waals surface area contributed by atoms with E-state index in [-0.39, 0.29) is 17.4 Å². The van der Waals surface area contributed by atoms with Crippen LogP contribution in [0, 0.1) is 5.41 Å². The van der Waals surface area contributed by atoms with E-state index in [0.717, 1.165) is 22.1 Å². The van der Waals surface area contributed by atoms with Gasteiger partial charge in [0.05, 0.1) is 10.4 Å². The minimum atomic E-state index is 0.0184. The van der Waals surface area contributed by atoms with Crippen molar-refractivity contribution < 1.29 is 4.79 Å². The van der Waals surface area contributed by atoms with Crippen molar-refractivity contribution in [2.45, 2.75) is 38.6 Å². The predicted octanol–water partition coefficient (Wildman–Crippen LogP) is 3.10. The Labute approximate surface area is 117 Å². The van der Waals surface area contributed by atoms with Crippen molar-refractivity contribution in [2.24, 2.45) is 11.1 Å². The third kappa shape index (κ3) is 3.05. The summed E-state index contributed by atoms with van der Waals surface area (Å²) in [4.78, 5) is 13.1. The number of halogens is 1. The van der Waals surface area contributed by atoms with Gasteiger partial charge in [0.25, 0.3) is 0 Å². The van der Waals surface area contributed by atoms with Crippen LogP contribution in [0.4, 0.5) is 0 Å². The smallest absolute Gasteiger partial charge is 0.221 e. The number of nitrogens with one attached hydrogen (secondary N) is 1. The first-order valence-electron chi connectivity index (χ1n) is 6.29. The van der Waals surface area contributed by atoms with Gasteiger partial charge in [-0.3, -0.25) is 4.79 Å². The van der Waals surface area contributed by atoms with Crippen LogP contribution in [0.2, 0.25) is 4.34 Å². The van der Waals surface area contributed by atoms with E-state index in [4.69, 9.17) is 17.3 Å². The van der Waals surface area contributed by atoms with Gasteiger partial charge in [-0.05, 0) is 43.9 Å². The van der Waals surface area contributed by atoms with Gasteiger partial charge in [-0.2, -0.15) is 0 Å². The van der Waals surface area contributed by atoms with Crippen LogP contribution in [0.25, 0.3) is 0 Å². The fourth-order valence-corrected chi connectivity index (χ4v) is 3.46. The maximum Gasteiger partial charge on any atom is 0.221 e. The summed E-state index contributed by atoms with van der Waals surface area (Å²) in [6.07, 6.45) is 3.90. The molecule has 0 aliphatic heterocycles. The fourth-order valence-electron chi connectivity index (χ4n) is 2.40. The summed E-state index contributed by atoms with van der Waals surface area (Å²) in [7, 11) is 0. The second-order valence-electron chi connectivity index (χ2n) is 5.17. The second-order valence-corrected chi connectivity index (χ2v) is 6.91. The Morgan fingerprint density at radius 1 is 1.61 bits per heavy atom. The third-order valence-corrected chi connectivity index (χ3v) is 5.19. The zero-order valence-corrected chi connectivity index (χ0v) is 12.1. The maximum absolute atomic E-state index is 12.0. The van der Waals surface area contributed by atoms with E-state index in [2.05, 4.69) is 5.32 Å². The average molecular weight is 287 g/mol. The van der Waals surface area contributed by atoms with Gasteiger partial charge in [0.2, 0.25) is 5.91 Å². The summed E-state index contributed by atoms with van der Waals surface area (Å²) >= 11 is 7.40. The molecular formula is C13H19ClN2OS. The lowest BCUT2D eigenvalue weighted by Crippen LogP contribution is -2.42. The van der Waals surface area contributed by atoms with Crippen LogP contribution in [0.3, 0.4) is 0 Å². The molecule has 100 valence electrons. The molecule has 3 N–H and O–H groups in total. The lowest BCUT2D eigenvalue weighted by Gasteiger charge is -2.40. The Kier molecular flexibility index (Phi) is 4.30. The Morgan fingerprint density at radius 2 is 2.33 bits per heavy atom. The van der Waals surface area contributed by atoms with Crippen LogP contribution < -0.4 is 11.1 Å². The topological polar surface area (TPSA) is 55.1 Å². The summed E-state index contributed by atoms with van der Waals surface area (Å²) in [5.41, 5.74) is 5.83. The van der Waals surface area contributed by atoms with Crippen LogP contribution >= 0.6 is 22.9 Å². The molecule has 2 rings (SSSR count). The van der Waals surface area contributed by atoms with Crippen LogP contribution in [0.1, 0.15) is 43.5 Å². The Morgan fingerprint density at radius 3 is 2.78 bits per heavy atom. The molecule has 1 atom stereocenters. The number of rotatable bonds is 5. The number of hydrogen-bond acceptors (Lipinski definition) is 3. The molecular weight excluding hydrogens is 268 g/mol. The summed E-state index contributed by atoms with van der Waals surface area (Å²) < 4.78 is 0.753. The van der Waals surface area contributed by atoms with Gasteiger partial charge in [-0.25, -0.2) is 0 Å². The van der Waals surface area contributed by atoms with Crippen molar-refractivity contribution in [3.05, 3.63) is 21.3 Å². The molecule has 1 unspecified atom stereocenters. The molecule has 18 heavy (non-hydrogen) atoms. The van der Waals surface area contributed by atoms with E-state index in [1.807, 2.05) is 19.1 Å². The quantitative estimate of drug-likeness (QED) is 0.874. The Bertz CT molecular complexity index is 423. The van der Waals surface area contributed by atoms with Crippen molar-refractivity contribution in [1.82, 2.24) is 5.32 Å². The number of amides is 1. The van der Waals surface area contributed by atoms with Gasteiger partial charge < -0.3 is 11.1 Å². The SMILES string of the molecule is CC(NC(=O)CC1(CN)CCC1)c1ccc(Cl)s1. The van der Waals surface area contributed by atoms with E-state index < -0.39 is 0 Å². The largest absolute Gasteiger partial charge is 0.349 e. The van der Waals surface area contributed by atoms with Crippen LogP contribution in [0.5, 0.6) is 0 Å². The van der Waals surface area contributed by atoms with Crippen molar-refractivity contribution >= 4 is 28.8 Å². The molecule has 5 heteroatoms. The standard InChI is InChI=1S/C13H19ClN2OS/c1-9(10-3-4-11(14)18-10)16-12(17)7-13(8-15)5-2-6-13/h3-4,9H,2,5-8,15H2,1H3,(H,16,17). The zero-order chi connectivity index (χ0) is 13.2. The molecule has 1 saturated carbocycles. The molecule has 1 aromatic heterocycles. The minimum absolute atomic E-state index is 0.0184. The van der Waals surface area contributed by atoms with Gasteiger partial charge in [-0.1, -0.05) is 18.0 Å². The first-order chi connectivity index (χ1) is 8.54.